The number of halogens is 1. The fourth-order valence-corrected chi connectivity index (χ4v) is 1.05. The lowest BCUT2D eigenvalue weighted by molar-refractivity contribution is 1.36. The van der Waals surface area contributed by atoms with Gasteiger partial charge in [0.05, 0.1) is 0 Å². The average molecular weight is 200 g/mol. The van der Waals surface area contributed by atoms with Crippen LogP contribution < -0.4 is 0 Å². The summed E-state index contributed by atoms with van der Waals surface area (Å²) >= 11 is 3.29. The van der Waals surface area contributed by atoms with Gasteiger partial charge in [-0.3, -0.25) is 0 Å². The fourth-order valence-electron chi connectivity index (χ4n) is 0.695. The fraction of sp³-hybridized carbons (Fsp3) is 0.143. The SMILES string of the molecule is Cc1c(Br)cccc1N=O. The summed E-state index contributed by atoms with van der Waals surface area (Å²) in [5.74, 6) is 0. The summed E-state index contributed by atoms with van der Waals surface area (Å²) in [6.07, 6.45) is 0. The molecule has 0 fully saturated rings. The van der Waals surface area contributed by atoms with Crippen LogP contribution in [-0.2, 0) is 0 Å². The highest BCUT2D eigenvalue weighted by Crippen LogP contribution is 2.25. The first-order valence-electron chi connectivity index (χ1n) is 2.84. The van der Waals surface area contributed by atoms with Gasteiger partial charge < -0.3 is 0 Å². The number of nitrogens with zero attached hydrogens (tertiary/aromatic N) is 1. The molecule has 10 heavy (non-hydrogen) atoms. The molecule has 3 heteroatoms. The molecule has 0 aliphatic heterocycles. The number of hydrogen-bond donors (Lipinski definition) is 0. The van der Waals surface area contributed by atoms with Crippen LogP contribution in [0.15, 0.2) is 27.8 Å². The summed E-state index contributed by atoms with van der Waals surface area (Å²) in [4.78, 5) is 10.1. The third-order valence-corrected chi connectivity index (χ3v) is 2.20. The zero-order chi connectivity index (χ0) is 7.56. The molecular formula is C7H6BrNO. The van der Waals surface area contributed by atoms with Crippen LogP contribution in [-0.4, -0.2) is 0 Å². The van der Waals surface area contributed by atoms with E-state index < -0.39 is 0 Å². The summed E-state index contributed by atoms with van der Waals surface area (Å²) in [5.41, 5.74) is 1.38. The highest BCUT2D eigenvalue weighted by atomic mass is 79.9. The summed E-state index contributed by atoms with van der Waals surface area (Å²) in [6, 6.07) is 5.35. The van der Waals surface area contributed by atoms with Crippen molar-refractivity contribution < 1.29 is 0 Å². The summed E-state index contributed by atoms with van der Waals surface area (Å²) < 4.78 is 0.921. The largest absolute Gasteiger partial charge is 0.145 e. The maximum atomic E-state index is 10.1. The third-order valence-electron chi connectivity index (χ3n) is 1.34. The van der Waals surface area contributed by atoms with E-state index in [1.54, 1.807) is 12.1 Å². The van der Waals surface area contributed by atoms with E-state index in [-0.39, 0.29) is 0 Å². The predicted molar refractivity (Wildman–Crippen MR) is 44.3 cm³/mol. The van der Waals surface area contributed by atoms with E-state index in [2.05, 4.69) is 21.1 Å². The Kier molecular flexibility index (Phi) is 2.17. The molecule has 0 aliphatic carbocycles. The summed E-state index contributed by atoms with van der Waals surface area (Å²) in [7, 11) is 0. The maximum absolute atomic E-state index is 10.1. The molecule has 0 radical (unpaired) electrons. The van der Waals surface area contributed by atoms with Gasteiger partial charge in [0.15, 0.2) is 0 Å². The van der Waals surface area contributed by atoms with Gasteiger partial charge in [-0.2, -0.15) is 0 Å². The molecule has 0 bridgehead atoms. The van der Waals surface area contributed by atoms with Crippen molar-refractivity contribution in [3.63, 3.8) is 0 Å². The van der Waals surface area contributed by atoms with E-state index in [1.807, 2.05) is 13.0 Å². The van der Waals surface area contributed by atoms with Gasteiger partial charge in [0.2, 0.25) is 0 Å². The Morgan fingerprint density at radius 1 is 1.50 bits per heavy atom. The van der Waals surface area contributed by atoms with Crippen LogP contribution in [0.1, 0.15) is 5.56 Å². The lowest BCUT2D eigenvalue weighted by atomic mass is 10.2. The Hall–Kier alpha value is -0.700. The predicted octanol–water partition coefficient (Wildman–Crippen LogP) is 3.16. The second-order valence-corrected chi connectivity index (χ2v) is 2.83. The molecule has 0 aromatic heterocycles. The first-order chi connectivity index (χ1) is 4.75. The highest BCUT2D eigenvalue weighted by molar-refractivity contribution is 9.10. The average Bonchev–Trinajstić information content (AvgIpc) is 1.95. The van der Waals surface area contributed by atoms with Crippen LogP contribution in [0.2, 0.25) is 0 Å². The molecular weight excluding hydrogens is 194 g/mol. The van der Waals surface area contributed by atoms with Gasteiger partial charge in [0, 0.05) is 4.47 Å². The first kappa shape index (κ1) is 7.41. The Labute approximate surface area is 67.4 Å². The number of hydrogen-bond acceptors (Lipinski definition) is 2. The molecule has 0 saturated carbocycles. The van der Waals surface area contributed by atoms with Crippen LogP contribution in [0.3, 0.4) is 0 Å². The van der Waals surface area contributed by atoms with Crippen LogP contribution in [0, 0.1) is 11.8 Å². The Bertz CT molecular complexity index is 260. The second-order valence-electron chi connectivity index (χ2n) is 1.98. The smallest absolute Gasteiger partial charge is 0.112 e. The van der Waals surface area contributed by atoms with Crippen molar-refractivity contribution in [3.05, 3.63) is 33.1 Å². The molecule has 1 aromatic carbocycles. The van der Waals surface area contributed by atoms with Crippen molar-refractivity contribution in [1.82, 2.24) is 0 Å². The maximum Gasteiger partial charge on any atom is 0.112 e. The van der Waals surface area contributed by atoms with Crippen molar-refractivity contribution in [2.24, 2.45) is 5.18 Å². The molecule has 1 aromatic rings. The van der Waals surface area contributed by atoms with Crippen molar-refractivity contribution in [2.75, 3.05) is 0 Å². The third kappa shape index (κ3) is 1.24. The topological polar surface area (TPSA) is 29.4 Å². The van der Waals surface area contributed by atoms with E-state index in [0.29, 0.717) is 5.69 Å². The van der Waals surface area contributed by atoms with Gasteiger partial charge in [0.25, 0.3) is 0 Å². The van der Waals surface area contributed by atoms with Crippen LogP contribution >= 0.6 is 15.9 Å². The molecule has 0 N–H and O–H groups in total. The zero-order valence-corrected chi connectivity index (χ0v) is 7.05. The molecule has 2 nitrogen and oxygen atoms in total. The molecule has 0 spiro atoms. The first-order valence-corrected chi connectivity index (χ1v) is 3.63. The minimum absolute atomic E-state index is 0.495. The van der Waals surface area contributed by atoms with E-state index in [1.165, 1.54) is 0 Å². The molecule has 0 amide bonds. The van der Waals surface area contributed by atoms with Crippen molar-refractivity contribution in [1.29, 1.82) is 0 Å². The van der Waals surface area contributed by atoms with Gasteiger partial charge in [-0.25, -0.2) is 0 Å². The molecule has 0 unspecified atom stereocenters. The molecule has 52 valence electrons. The van der Waals surface area contributed by atoms with E-state index in [9.17, 15) is 4.91 Å². The lowest BCUT2D eigenvalue weighted by Gasteiger charge is -1.96. The number of nitroso groups, excluding NO2 is 1. The molecule has 0 atom stereocenters. The van der Waals surface area contributed by atoms with Crippen LogP contribution in [0.5, 0.6) is 0 Å². The highest BCUT2D eigenvalue weighted by Gasteiger charge is 1.99. The summed E-state index contributed by atoms with van der Waals surface area (Å²) in [6.45, 7) is 1.85. The summed E-state index contributed by atoms with van der Waals surface area (Å²) in [5, 5.41) is 2.85. The monoisotopic (exact) mass is 199 g/mol. The molecule has 1 rings (SSSR count). The van der Waals surface area contributed by atoms with Crippen LogP contribution in [0.4, 0.5) is 5.69 Å². The second kappa shape index (κ2) is 2.92. The molecule has 0 heterocycles. The van der Waals surface area contributed by atoms with Gasteiger partial charge in [-0.05, 0) is 29.8 Å². The van der Waals surface area contributed by atoms with Gasteiger partial charge in [0.1, 0.15) is 5.69 Å². The molecule has 0 aliphatic rings. The van der Waals surface area contributed by atoms with Crippen molar-refractivity contribution >= 4 is 21.6 Å². The Morgan fingerprint density at radius 2 is 2.20 bits per heavy atom. The van der Waals surface area contributed by atoms with Gasteiger partial charge in [-0.1, -0.05) is 22.0 Å². The lowest BCUT2D eigenvalue weighted by Crippen LogP contribution is -1.74. The van der Waals surface area contributed by atoms with Crippen molar-refractivity contribution in [2.45, 2.75) is 6.92 Å². The Balaban J connectivity index is 3.27. The van der Waals surface area contributed by atoms with E-state index in [0.717, 1.165) is 10.0 Å². The minimum Gasteiger partial charge on any atom is -0.145 e. The number of rotatable bonds is 1. The zero-order valence-electron chi connectivity index (χ0n) is 5.47. The number of benzene rings is 1. The van der Waals surface area contributed by atoms with Crippen molar-refractivity contribution in [3.8, 4) is 0 Å². The van der Waals surface area contributed by atoms with Crippen LogP contribution in [0.25, 0.3) is 0 Å². The molecule has 0 saturated heterocycles. The quantitative estimate of drug-likeness (QED) is 0.640. The van der Waals surface area contributed by atoms with Gasteiger partial charge >= 0.3 is 0 Å². The minimum atomic E-state index is 0.495. The van der Waals surface area contributed by atoms with Gasteiger partial charge in [-0.15, -0.1) is 4.91 Å². The normalized spacial score (nSPS) is 9.40. The standard InChI is InChI=1S/C7H6BrNO/c1-5-6(8)3-2-4-7(5)9-10/h2-4H,1H3. The van der Waals surface area contributed by atoms with E-state index in [4.69, 9.17) is 0 Å². The Morgan fingerprint density at radius 3 is 2.70 bits per heavy atom. The van der Waals surface area contributed by atoms with E-state index >= 15 is 0 Å².